The summed E-state index contributed by atoms with van der Waals surface area (Å²) in [5, 5.41) is 25.0. The minimum atomic E-state index is -4.60. The molecule has 8 aromatic rings. The molecule has 0 atom stereocenters. The Morgan fingerprint density at radius 2 is 0.913 bits per heavy atom. The molecule has 0 fully saturated rings. The lowest BCUT2D eigenvalue weighted by atomic mass is 9.95. The summed E-state index contributed by atoms with van der Waals surface area (Å²) in [6.07, 6.45) is -4.60. The van der Waals surface area contributed by atoms with Crippen molar-refractivity contribution in [3.05, 3.63) is 144 Å². The fourth-order valence-corrected chi connectivity index (χ4v) is 6.66. The third kappa shape index (κ3) is 4.00. The summed E-state index contributed by atoms with van der Waals surface area (Å²) in [5.41, 5.74) is 4.83. The number of alkyl halides is 3. The smallest absolute Gasteiger partial charge is 0.308 e. The van der Waals surface area contributed by atoms with Crippen molar-refractivity contribution < 1.29 is 13.2 Å². The van der Waals surface area contributed by atoms with Crippen LogP contribution >= 0.6 is 0 Å². The van der Waals surface area contributed by atoms with E-state index >= 15 is 0 Å². The Bertz CT molecular complexity index is 2370. The van der Waals surface area contributed by atoms with E-state index < -0.39 is 11.7 Å². The second kappa shape index (κ2) is 10.1. The van der Waals surface area contributed by atoms with E-state index in [0.29, 0.717) is 28.1 Å². The first-order valence-electron chi connectivity index (χ1n) is 14.6. The highest BCUT2D eigenvalue weighted by atomic mass is 19.4. The van der Waals surface area contributed by atoms with Gasteiger partial charge in [-0.25, -0.2) is 0 Å². The number of nitriles is 2. The lowest BCUT2D eigenvalue weighted by Gasteiger charge is -2.19. The molecule has 0 spiro atoms. The van der Waals surface area contributed by atoms with Gasteiger partial charge in [0.1, 0.15) is 11.6 Å². The Morgan fingerprint density at radius 1 is 0.500 bits per heavy atom. The van der Waals surface area contributed by atoms with Gasteiger partial charge in [-0.05, 0) is 59.7 Å². The molecular weight excluding hydrogens is 581 g/mol. The minimum absolute atomic E-state index is 0.110. The van der Waals surface area contributed by atoms with Crippen LogP contribution in [0.4, 0.5) is 13.2 Å². The minimum Gasteiger partial charge on any atom is -0.308 e. The van der Waals surface area contributed by atoms with Crippen molar-refractivity contribution in [2.45, 2.75) is 6.18 Å². The van der Waals surface area contributed by atoms with Gasteiger partial charge in [0.25, 0.3) is 0 Å². The number of benzene rings is 6. The molecule has 0 radical (unpaired) electrons. The number of hydrogen-bond acceptors (Lipinski definition) is 2. The number of hydrogen-bond donors (Lipinski definition) is 0. The molecule has 0 saturated heterocycles. The molecule has 0 N–H and O–H groups in total. The summed E-state index contributed by atoms with van der Waals surface area (Å²) in [6, 6.07) is 43.0. The lowest BCUT2D eigenvalue weighted by Crippen LogP contribution is -2.07. The van der Waals surface area contributed by atoms with Crippen LogP contribution in [0.2, 0.25) is 0 Å². The molecule has 0 bridgehead atoms. The highest BCUT2D eigenvalue weighted by Crippen LogP contribution is 2.41. The number of nitrogens with zero attached hydrogens (tertiary/aromatic N) is 4. The number of fused-ring (bicyclic) bond motifs is 6. The van der Waals surface area contributed by atoms with E-state index in [4.69, 9.17) is 0 Å². The molecule has 0 aliphatic rings. The third-order valence-corrected chi connectivity index (χ3v) is 8.63. The van der Waals surface area contributed by atoms with Crippen LogP contribution in [0.25, 0.3) is 66.1 Å². The van der Waals surface area contributed by atoms with Gasteiger partial charge in [-0.3, -0.25) is 0 Å². The Morgan fingerprint density at radius 3 is 1.28 bits per heavy atom. The van der Waals surface area contributed by atoms with Gasteiger partial charge in [0.15, 0.2) is 0 Å². The molecule has 0 aliphatic carbocycles. The van der Waals surface area contributed by atoms with Crippen LogP contribution < -0.4 is 0 Å². The van der Waals surface area contributed by atoms with Crippen LogP contribution in [-0.2, 0) is 6.18 Å². The van der Waals surface area contributed by atoms with E-state index in [9.17, 15) is 23.7 Å². The molecule has 4 nitrogen and oxygen atoms in total. The van der Waals surface area contributed by atoms with Crippen molar-refractivity contribution in [3.63, 3.8) is 0 Å². The topological polar surface area (TPSA) is 57.4 Å². The molecule has 218 valence electrons. The maximum atomic E-state index is 13.7. The van der Waals surface area contributed by atoms with Crippen LogP contribution in [0, 0.1) is 22.7 Å². The fraction of sp³-hybridized carbons (Fsp3) is 0.0256. The Labute approximate surface area is 261 Å². The lowest BCUT2D eigenvalue weighted by molar-refractivity contribution is -0.137. The molecule has 0 saturated carbocycles. The number of halogens is 3. The average Bonchev–Trinajstić information content (AvgIpc) is 3.60. The van der Waals surface area contributed by atoms with Crippen LogP contribution in [0.5, 0.6) is 0 Å². The van der Waals surface area contributed by atoms with Crippen LogP contribution in [0.1, 0.15) is 16.7 Å². The SMILES string of the molecule is N#Cc1cc(C(F)(F)F)ccc1-c1cc(-n2c3ccccc3c3ccccc32)c(C#N)c(-n2c3ccccc3c3ccccc32)c1. The van der Waals surface area contributed by atoms with Crippen LogP contribution in [0.15, 0.2) is 127 Å². The monoisotopic (exact) mass is 602 g/mol. The van der Waals surface area contributed by atoms with E-state index in [1.165, 1.54) is 6.07 Å². The molecule has 6 aromatic carbocycles. The van der Waals surface area contributed by atoms with Gasteiger partial charge in [-0.1, -0.05) is 78.9 Å². The summed E-state index contributed by atoms with van der Waals surface area (Å²) in [6.45, 7) is 0. The zero-order chi connectivity index (χ0) is 31.6. The van der Waals surface area contributed by atoms with Gasteiger partial charge in [-0.15, -0.1) is 0 Å². The van der Waals surface area contributed by atoms with Crippen LogP contribution in [0.3, 0.4) is 0 Å². The van der Waals surface area contributed by atoms with E-state index in [2.05, 4.69) is 6.07 Å². The second-order valence-corrected chi connectivity index (χ2v) is 11.1. The second-order valence-electron chi connectivity index (χ2n) is 11.1. The average molecular weight is 603 g/mol. The molecule has 0 amide bonds. The van der Waals surface area contributed by atoms with Gasteiger partial charge < -0.3 is 9.13 Å². The number of aromatic nitrogens is 2. The molecule has 2 heterocycles. The number of para-hydroxylation sites is 4. The van der Waals surface area contributed by atoms with Crippen molar-refractivity contribution >= 4 is 43.6 Å². The van der Waals surface area contributed by atoms with Gasteiger partial charge >= 0.3 is 6.18 Å². The fourth-order valence-electron chi connectivity index (χ4n) is 6.66. The van der Waals surface area contributed by atoms with E-state index in [0.717, 1.165) is 55.7 Å². The first-order chi connectivity index (χ1) is 22.4. The third-order valence-electron chi connectivity index (χ3n) is 8.63. The summed E-state index contributed by atoms with van der Waals surface area (Å²) in [7, 11) is 0. The predicted octanol–water partition coefficient (Wildman–Crippen LogP) is 10.3. The predicted molar refractivity (Wildman–Crippen MR) is 175 cm³/mol. The summed E-state index contributed by atoms with van der Waals surface area (Å²) in [4.78, 5) is 0. The Hall–Kier alpha value is -6.31. The van der Waals surface area contributed by atoms with Gasteiger partial charge in [0.2, 0.25) is 0 Å². The zero-order valence-corrected chi connectivity index (χ0v) is 24.0. The normalized spacial score (nSPS) is 11.8. The van der Waals surface area contributed by atoms with Gasteiger partial charge in [0, 0.05) is 21.5 Å². The van der Waals surface area contributed by atoms with Gasteiger partial charge in [-0.2, -0.15) is 23.7 Å². The van der Waals surface area contributed by atoms with Crippen molar-refractivity contribution in [2.75, 3.05) is 0 Å². The van der Waals surface area contributed by atoms with Crippen molar-refractivity contribution in [3.8, 4) is 34.6 Å². The molecule has 46 heavy (non-hydrogen) atoms. The molecule has 0 aliphatic heterocycles. The van der Waals surface area contributed by atoms with E-state index in [-0.39, 0.29) is 5.56 Å². The van der Waals surface area contributed by atoms with Crippen molar-refractivity contribution in [2.24, 2.45) is 0 Å². The Kier molecular flexibility index (Phi) is 6.00. The molecule has 8 rings (SSSR count). The molecular formula is C39H21F3N4. The van der Waals surface area contributed by atoms with E-state index in [1.54, 1.807) is 12.1 Å². The largest absolute Gasteiger partial charge is 0.416 e. The first-order valence-corrected chi connectivity index (χ1v) is 14.6. The first kappa shape index (κ1) is 27.3. The van der Waals surface area contributed by atoms with Gasteiger partial charge in [0.05, 0.1) is 50.6 Å². The maximum absolute atomic E-state index is 13.7. The van der Waals surface area contributed by atoms with Crippen molar-refractivity contribution in [1.82, 2.24) is 9.13 Å². The highest BCUT2D eigenvalue weighted by Gasteiger charge is 2.31. The highest BCUT2D eigenvalue weighted by molar-refractivity contribution is 6.11. The van der Waals surface area contributed by atoms with Crippen LogP contribution in [-0.4, -0.2) is 9.13 Å². The summed E-state index contributed by atoms with van der Waals surface area (Å²) >= 11 is 0. The number of rotatable bonds is 3. The summed E-state index contributed by atoms with van der Waals surface area (Å²) in [5.74, 6) is 0. The molecule has 2 aromatic heterocycles. The standard InChI is InChI=1S/C39H21F3N4/c40-39(41,42)26-17-18-27(25(19-26)22-43)24-20-37(45-33-13-5-1-9-28(33)29-10-2-6-14-34(29)45)32(23-44)38(21-24)46-35-15-7-3-11-30(35)31-12-4-8-16-36(31)46/h1-21H. The Balaban J connectivity index is 1.55. The van der Waals surface area contributed by atoms with Crippen molar-refractivity contribution in [1.29, 1.82) is 10.5 Å². The zero-order valence-electron chi connectivity index (χ0n) is 24.0. The maximum Gasteiger partial charge on any atom is 0.416 e. The molecule has 0 unspecified atom stereocenters. The summed E-state index contributed by atoms with van der Waals surface area (Å²) < 4.78 is 45.1. The molecule has 7 heteroatoms. The quantitative estimate of drug-likeness (QED) is 0.202. The van der Waals surface area contributed by atoms with E-state index in [1.807, 2.05) is 112 Å².